The highest BCUT2D eigenvalue weighted by atomic mass is 16.5. The van der Waals surface area contributed by atoms with Crippen LogP contribution in [0.2, 0.25) is 0 Å². The van der Waals surface area contributed by atoms with Crippen LogP contribution < -0.4 is 0 Å². The summed E-state index contributed by atoms with van der Waals surface area (Å²) >= 11 is 0. The van der Waals surface area contributed by atoms with Crippen molar-refractivity contribution in [1.82, 2.24) is 9.80 Å². The molecule has 1 aliphatic heterocycles. The molecule has 0 unspecified atom stereocenters. The molecule has 4 nitrogen and oxygen atoms in total. The van der Waals surface area contributed by atoms with Crippen molar-refractivity contribution in [2.24, 2.45) is 0 Å². The SMILES string of the molecule is CCOC.CN(C)CCCN1CCOCC1. The smallest absolute Gasteiger partial charge is 0.0594 e. The van der Waals surface area contributed by atoms with Crippen molar-refractivity contribution < 1.29 is 9.47 Å². The van der Waals surface area contributed by atoms with Gasteiger partial charge in [-0.15, -0.1) is 0 Å². The molecule has 0 aromatic rings. The van der Waals surface area contributed by atoms with E-state index >= 15 is 0 Å². The summed E-state index contributed by atoms with van der Waals surface area (Å²) in [7, 11) is 5.93. The van der Waals surface area contributed by atoms with Gasteiger partial charge in [-0.05, 0) is 40.5 Å². The zero-order valence-corrected chi connectivity index (χ0v) is 11.4. The van der Waals surface area contributed by atoms with Crippen molar-refractivity contribution >= 4 is 0 Å². The topological polar surface area (TPSA) is 24.9 Å². The van der Waals surface area contributed by atoms with Gasteiger partial charge in [0.15, 0.2) is 0 Å². The molecule has 0 atom stereocenters. The molecule has 1 fully saturated rings. The molecule has 0 N–H and O–H groups in total. The lowest BCUT2D eigenvalue weighted by Gasteiger charge is -2.26. The minimum atomic E-state index is 0.819. The second-order valence-electron chi connectivity index (χ2n) is 4.19. The lowest BCUT2D eigenvalue weighted by Crippen LogP contribution is -2.37. The molecule has 0 saturated carbocycles. The summed E-state index contributed by atoms with van der Waals surface area (Å²) in [6.45, 7) is 9.27. The second kappa shape index (κ2) is 11.3. The van der Waals surface area contributed by atoms with Gasteiger partial charge in [-0.25, -0.2) is 0 Å². The van der Waals surface area contributed by atoms with E-state index in [9.17, 15) is 0 Å². The Bertz CT molecular complexity index is 135. The third-order valence-electron chi connectivity index (χ3n) is 2.47. The Hall–Kier alpha value is -0.160. The number of hydrogen-bond donors (Lipinski definition) is 0. The van der Waals surface area contributed by atoms with Crippen molar-refractivity contribution in [3.63, 3.8) is 0 Å². The first-order chi connectivity index (χ1) is 7.70. The molecule has 1 aliphatic rings. The molecule has 0 aromatic carbocycles. The average molecular weight is 232 g/mol. The van der Waals surface area contributed by atoms with Gasteiger partial charge in [0.25, 0.3) is 0 Å². The maximum absolute atomic E-state index is 5.28. The van der Waals surface area contributed by atoms with Gasteiger partial charge in [-0.1, -0.05) is 0 Å². The summed E-state index contributed by atoms with van der Waals surface area (Å²) in [4.78, 5) is 4.72. The van der Waals surface area contributed by atoms with E-state index in [1.807, 2.05) is 6.92 Å². The molecular formula is C12H28N2O2. The van der Waals surface area contributed by atoms with E-state index in [0.717, 1.165) is 32.9 Å². The molecule has 0 amide bonds. The van der Waals surface area contributed by atoms with E-state index < -0.39 is 0 Å². The monoisotopic (exact) mass is 232 g/mol. The Morgan fingerprint density at radius 3 is 2.25 bits per heavy atom. The highest BCUT2D eigenvalue weighted by Gasteiger charge is 2.08. The third-order valence-corrected chi connectivity index (χ3v) is 2.47. The summed E-state index contributed by atoms with van der Waals surface area (Å²) in [6.07, 6.45) is 1.27. The van der Waals surface area contributed by atoms with Gasteiger partial charge in [0.2, 0.25) is 0 Å². The van der Waals surface area contributed by atoms with Crippen LogP contribution in [0.5, 0.6) is 0 Å². The molecule has 0 aromatic heterocycles. The minimum Gasteiger partial charge on any atom is -0.385 e. The van der Waals surface area contributed by atoms with Crippen molar-refractivity contribution in [2.75, 3.05) is 67.2 Å². The fourth-order valence-corrected chi connectivity index (χ4v) is 1.44. The first-order valence-electron chi connectivity index (χ1n) is 6.14. The van der Waals surface area contributed by atoms with E-state index in [4.69, 9.17) is 4.74 Å². The predicted octanol–water partition coefficient (Wildman–Crippen LogP) is 0.923. The van der Waals surface area contributed by atoms with Crippen LogP contribution in [0.1, 0.15) is 13.3 Å². The Kier molecular flexibility index (Phi) is 11.2. The first kappa shape index (κ1) is 15.8. The van der Waals surface area contributed by atoms with Crippen LogP contribution in [0.3, 0.4) is 0 Å². The van der Waals surface area contributed by atoms with Gasteiger partial charge in [-0.2, -0.15) is 0 Å². The quantitative estimate of drug-likeness (QED) is 0.704. The van der Waals surface area contributed by atoms with Crippen LogP contribution in [-0.4, -0.2) is 77.0 Å². The van der Waals surface area contributed by atoms with E-state index in [0.29, 0.717) is 0 Å². The summed E-state index contributed by atoms with van der Waals surface area (Å²) in [5, 5.41) is 0. The van der Waals surface area contributed by atoms with Crippen LogP contribution in [0.15, 0.2) is 0 Å². The Balaban J connectivity index is 0.000000487. The molecule has 1 saturated heterocycles. The van der Waals surface area contributed by atoms with E-state index in [1.165, 1.54) is 19.5 Å². The highest BCUT2D eigenvalue weighted by Crippen LogP contribution is 1.97. The molecule has 4 heteroatoms. The maximum atomic E-state index is 5.28. The normalized spacial score (nSPS) is 17.1. The van der Waals surface area contributed by atoms with Gasteiger partial charge < -0.3 is 14.4 Å². The number of rotatable bonds is 5. The zero-order chi connectivity index (χ0) is 12.2. The fourth-order valence-electron chi connectivity index (χ4n) is 1.44. The van der Waals surface area contributed by atoms with Gasteiger partial charge in [0.1, 0.15) is 0 Å². The van der Waals surface area contributed by atoms with E-state index in [-0.39, 0.29) is 0 Å². The molecule has 1 rings (SSSR count). The summed E-state index contributed by atoms with van der Waals surface area (Å²) in [5.41, 5.74) is 0. The Morgan fingerprint density at radius 2 is 1.81 bits per heavy atom. The van der Waals surface area contributed by atoms with Gasteiger partial charge in [0, 0.05) is 26.8 Å². The van der Waals surface area contributed by atoms with Gasteiger partial charge in [0.05, 0.1) is 13.2 Å². The van der Waals surface area contributed by atoms with E-state index in [2.05, 4.69) is 28.6 Å². The van der Waals surface area contributed by atoms with Crippen molar-refractivity contribution in [3.05, 3.63) is 0 Å². The molecule has 0 spiro atoms. The number of nitrogens with zero attached hydrogens (tertiary/aromatic N) is 2. The summed E-state index contributed by atoms with van der Waals surface area (Å²) in [6, 6.07) is 0. The van der Waals surface area contributed by atoms with E-state index in [1.54, 1.807) is 7.11 Å². The second-order valence-corrected chi connectivity index (χ2v) is 4.19. The molecular weight excluding hydrogens is 204 g/mol. The molecule has 98 valence electrons. The van der Waals surface area contributed by atoms with Crippen molar-refractivity contribution in [2.45, 2.75) is 13.3 Å². The fraction of sp³-hybridized carbons (Fsp3) is 1.00. The number of ether oxygens (including phenoxy) is 2. The predicted molar refractivity (Wildman–Crippen MR) is 68.0 cm³/mol. The largest absolute Gasteiger partial charge is 0.385 e. The number of methoxy groups -OCH3 is 1. The third kappa shape index (κ3) is 10.4. The lowest BCUT2D eigenvalue weighted by atomic mass is 10.3. The number of morpholine rings is 1. The minimum absolute atomic E-state index is 0.819. The molecule has 0 radical (unpaired) electrons. The molecule has 16 heavy (non-hydrogen) atoms. The Labute approximate surface area is 101 Å². The molecule has 0 aliphatic carbocycles. The van der Waals surface area contributed by atoms with Crippen LogP contribution in [0.25, 0.3) is 0 Å². The van der Waals surface area contributed by atoms with Crippen LogP contribution in [-0.2, 0) is 9.47 Å². The lowest BCUT2D eigenvalue weighted by molar-refractivity contribution is 0.0366. The van der Waals surface area contributed by atoms with Crippen molar-refractivity contribution in [1.29, 1.82) is 0 Å². The maximum Gasteiger partial charge on any atom is 0.0594 e. The molecule has 0 bridgehead atoms. The number of hydrogen-bond acceptors (Lipinski definition) is 4. The Morgan fingerprint density at radius 1 is 1.25 bits per heavy atom. The van der Waals surface area contributed by atoms with Gasteiger partial charge >= 0.3 is 0 Å². The van der Waals surface area contributed by atoms with Crippen LogP contribution >= 0.6 is 0 Å². The van der Waals surface area contributed by atoms with Crippen LogP contribution in [0, 0.1) is 0 Å². The van der Waals surface area contributed by atoms with Crippen LogP contribution in [0.4, 0.5) is 0 Å². The summed E-state index contributed by atoms with van der Waals surface area (Å²) < 4.78 is 9.82. The van der Waals surface area contributed by atoms with Gasteiger partial charge in [-0.3, -0.25) is 4.90 Å². The summed E-state index contributed by atoms with van der Waals surface area (Å²) in [5.74, 6) is 0. The highest BCUT2D eigenvalue weighted by molar-refractivity contribution is 4.61. The first-order valence-corrected chi connectivity index (χ1v) is 6.14. The average Bonchev–Trinajstić information content (AvgIpc) is 2.30. The standard InChI is InChI=1S/C9H20N2O.C3H8O/c1-10(2)4-3-5-11-6-8-12-9-7-11;1-3-4-2/h3-9H2,1-2H3;3H2,1-2H3. The van der Waals surface area contributed by atoms with Crippen molar-refractivity contribution in [3.8, 4) is 0 Å². The zero-order valence-electron chi connectivity index (χ0n) is 11.4. The molecule has 1 heterocycles.